The normalized spacial score (nSPS) is 17.4. The van der Waals surface area contributed by atoms with Gasteiger partial charge in [-0.15, -0.1) is 0 Å². The van der Waals surface area contributed by atoms with Crippen molar-refractivity contribution >= 4 is 11.8 Å². The van der Waals surface area contributed by atoms with E-state index in [0.717, 1.165) is 17.6 Å². The van der Waals surface area contributed by atoms with Gasteiger partial charge in [-0.2, -0.15) is 11.8 Å². The van der Waals surface area contributed by atoms with Crippen molar-refractivity contribution in [1.29, 1.82) is 0 Å². The summed E-state index contributed by atoms with van der Waals surface area (Å²) in [6.07, 6.45) is 3.49. The summed E-state index contributed by atoms with van der Waals surface area (Å²) in [7, 11) is 1.92. The van der Waals surface area contributed by atoms with Gasteiger partial charge in [0.05, 0.1) is 6.61 Å². The van der Waals surface area contributed by atoms with Crippen molar-refractivity contribution in [2.45, 2.75) is 57.7 Å². The SMILES string of the molecule is CNC(C)(CO)CCCCSC(C)C(C)C. The maximum Gasteiger partial charge on any atom is 0.0610 e. The quantitative estimate of drug-likeness (QED) is 0.615. The molecule has 0 rings (SSSR count). The largest absolute Gasteiger partial charge is 0.394 e. The number of nitrogens with one attached hydrogen (secondary N) is 1. The molecule has 0 saturated carbocycles. The molecule has 0 aromatic heterocycles. The van der Waals surface area contributed by atoms with Crippen LogP contribution >= 0.6 is 11.8 Å². The number of hydrogen-bond donors (Lipinski definition) is 2. The van der Waals surface area contributed by atoms with Gasteiger partial charge in [-0.05, 0) is 38.5 Å². The first-order valence-electron chi connectivity index (χ1n) is 6.36. The molecule has 0 aliphatic carbocycles. The fourth-order valence-electron chi connectivity index (χ4n) is 1.36. The third-order valence-electron chi connectivity index (χ3n) is 3.39. The van der Waals surface area contributed by atoms with E-state index in [1.807, 2.05) is 7.05 Å². The molecular weight excluding hydrogens is 218 g/mol. The summed E-state index contributed by atoms with van der Waals surface area (Å²) in [5.74, 6) is 2.01. The Hall–Kier alpha value is 0.270. The highest BCUT2D eigenvalue weighted by molar-refractivity contribution is 7.99. The van der Waals surface area contributed by atoms with E-state index in [9.17, 15) is 5.11 Å². The van der Waals surface area contributed by atoms with Gasteiger partial charge in [0, 0.05) is 10.8 Å². The summed E-state index contributed by atoms with van der Waals surface area (Å²) in [6.45, 7) is 9.17. The van der Waals surface area contributed by atoms with Crippen molar-refractivity contribution in [2.75, 3.05) is 19.4 Å². The Morgan fingerprint density at radius 2 is 1.88 bits per heavy atom. The van der Waals surface area contributed by atoms with Crippen molar-refractivity contribution in [2.24, 2.45) is 5.92 Å². The summed E-state index contributed by atoms with van der Waals surface area (Å²) in [5.41, 5.74) is -0.0890. The van der Waals surface area contributed by atoms with Gasteiger partial charge in [-0.25, -0.2) is 0 Å². The zero-order valence-corrected chi connectivity index (χ0v) is 12.4. The van der Waals surface area contributed by atoms with Gasteiger partial charge in [0.15, 0.2) is 0 Å². The third kappa shape index (κ3) is 6.77. The van der Waals surface area contributed by atoms with Crippen LogP contribution in [0.4, 0.5) is 0 Å². The molecule has 0 amide bonds. The van der Waals surface area contributed by atoms with Crippen LogP contribution in [0, 0.1) is 5.92 Å². The molecule has 0 aromatic carbocycles. The van der Waals surface area contributed by atoms with E-state index in [0.29, 0.717) is 0 Å². The standard InChI is InChI=1S/C13H29NOS/c1-11(2)12(3)16-9-7-6-8-13(4,10-15)14-5/h11-12,14-15H,6-10H2,1-5H3. The van der Waals surface area contributed by atoms with Crippen LogP contribution in [0.1, 0.15) is 47.0 Å². The van der Waals surface area contributed by atoms with Crippen LogP contribution in [0.25, 0.3) is 0 Å². The predicted octanol–water partition coefficient (Wildman–Crippen LogP) is 2.90. The van der Waals surface area contributed by atoms with Gasteiger partial charge in [-0.1, -0.05) is 27.2 Å². The van der Waals surface area contributed by atoms with Crippen LogP contribution in [0.3, 0.4) is 0 Å². The second-order valence-electron chi connectivity index (χ2n) is 5.25. The van der Waals surface area contributed by atoms with E-state index in [4.69, 9.17) is 0 Å². The van der Waals surface area contributed by atoms with Gasteiger partial charge in [0.25, 0.3) is 0 Å². The number of hydrogen-bond acceptors (Lipinski definition) is 3. The number of aliphatic hydroxyl groups is 1. The van der Waals surface area contributed by atoms with E-state index in [-0.39, 0.29) is 12.1 Å². The average molecular weight is 247 g/mol. The van der Waals surface area contributed by atoms with Crippen molar-refractivity contribution < 1.29 is 5.11 Å². The Morgan fingerprint density at radius 1 is 1.25 bits per heavy atom. The Kier molecular flexibility index (Phi) is 8.52. The molecule has 0 bridgehead atoms. The lowest BCUT2D eigenvalue weighted by atomic mass is 9.96. The molecule has 0 aliphatic heterocycles. The van der Waals surface area contributed by atoms with Crippen LogP contribution in [-0.2, 0) is 0 Å². The lowest BCUT2D eigenvalue weighted by molar-refractivity contribution is 0.171. The topological polar surface area (TPSA) is 32.3 Å². The predicted molar refractivity (Wildman–Crippen MR) is 75.2 cm³/mol. The van der Waals surface area contributed by atoms with Gasteiger partial charge >= 0.3 is 0 Å². The van der Waals surface area contributed by atoms with Crippen molar-refractivity contribution in [3.63, 3.8) is 0 Å². The molecule has 0 aromatic rings. The molecule has 16 heavy (non-hydrogen) atoms. The van der Waals surface area contributed by atoms with Crippen molar-refractivity contribution in [3.05, 3.63) is 0 Å². The lowest BCUT2D eigenvalue weighted by Gasteiger charge is -2.26. The van der Waals surface area contributed by atoms with Gasteiger partial charge in [0.2, 0.25) is 0 Å². The molecule has 3 heteroatoms. The molecule has 2 N–H and O–H groups in total. The van der Waals surface area contributed by atoms with Crippen LogP contribution in [0.15, 0.2) is 0 Å². The number of thioether (sulfide) groups is 1. The third-order valence-corrected chi connectivity index (χ3v) is 4.99. The molecule has 2 nitrogen and oxygen atoms in total. The molecule has 0 saturated heterocycles. The van der Waals surface area contributed by atoms with E-state index < -0.39 is 0 Å². The summed E-state index contributed by atoms with van der Waals surface area (Å²) in [5, 5.41) is 13.2. The molecule has 0 fully saturated rings. The fourth-order valence-corrected chi connectivity index (χ4v) is 2.49. The van der Waals surface area contributed by atoms with Crippen LogP contribution in [-0.4, -0.2) is 35.3 Å². The smallest absolute Gasteiger partial charge is 0.0610 e. The molecule has 0 radical (unpaired) electrons. The maximum absolute atomic E-state index is 9.24. The van der Waals surface area contributed by atoms with Gasteiger partial charge < -0.3 is 10.4 Å². The first-order valence-corrected chi connectivity index (χ1v) is 7.41. The Bertz CT molecular complexity index is 169. The summed E-state index contributed by atoms with van der Waals surface area (Å²) in [6, 6.07) is 0. The van der Waals surface area contributed by atoms with Crippen LogP contribution in [0.2, 0.25) is 0 Å². The minimum atomic E-state index is -0.0890. The van der Waals surface area contributed by atoms with Crippen molar-refractivity contribution in [1.82, 2.24) is 5.32 Å². The van der Waals surface area contributed by atoms with Crippen molar-refractivity contribution in [3.8, 4) is 0 Å². The van der Waals surface area contributed by atoms with Gasteiger partial charge in [-0.3, -0.25) is 0 Å². The second-order valence-corrected chi connectivity index (χ2v) is 6.73. The molecular formula is C13H29NOS. The first kappa shape index (κ1) is 16.3. The van der Waals surface area contributed by atoms with E-state index in [1.54, 1.807) is 0 Å². The number of unbranched alkanes of at least 4 members (excludes halogenated alkanes) is 1. The van der Waals surface area contributed by atoms with Crippen LogP contribution < -0.4 is 5.32 Å². The highest BCUT2D eigenvalue weighted by Crippen LogP contribution is 2.21. The molecule has 0 spiro atoms. The highest BCUT2D eigenvalue weighted by atomic mass is 32.2. The van der Waals surface area contributed by atoms with E-state index >= 15 is 0 Å². The highest BCUT2D eigenvalue weighted by Gasteiger charge is 2.19. The van der Waals surface area contributed by atoms with E-state index in [2.05, 4.69) is 44.8 Å². The second kappa shape index (κ2) is 8.37. The molecule has 2 atom stereocenters. The molecule has 98 valence electrons. The van der Waals surface area contributed by atoms with Gasteiger partial charge in [0.1, 0.15) is 0 Å². The average Bonchev–Trinajstić information content (AvgIpc) is 2.27. The Morgan fingerprint density at radius 3 is 2.31 bits per heavy atom. The van der Waals surface area contributed by atoms with Crippen LogP contribution in [0.5, 0.6) is 0 Å². The Labute approximate surface area is 106 Å². The summed E-state index contributed by atoms with van der Waals surface area (Å²) < 4.78 is 0. The number of aliphatic hydroxyl groups excluding tert-OH is 1. The van der Waals surface area contributed by atoms with E-state index in [1.165, 1.54) is 18.6 Å². The minimum absolute atomic E-state index is 0.0890. The maximum atomic E-state index is 9.24. The summed E-state index contributed by atoms with van der Waals surface area (Å²) >= 11 is 2.07. The monoisotopic (exact) mass is 247 g/mol. The first-order chi connectivity index (χ1) is 7.45. The lowest BCUT2D eigenvalue weighted by Crippen LogP contribution is -2.43. The molecule has 0 heterocycles. The molecule has 2 unspecified atom stereocenters. The minimum Gasteiger partial charge on any atom is -0.394 e. The molecule has 0 aliphatic rings. The summed E-state index contributed by atoms with van der Waals surface area (Å²) in [4.78, 5) is 0. The Balaban J connectivity index is 3.53. The number of likely N-dealkylation sites (N-methyl/N-ethyl adjacent to an activating group) is 1. The fraction of sp³-hybridized carbons (Fsp3) is 1.00. The zero-order chi connectivity index (χ0) is 12.6. The zero-order valence-electron chi connectivity index (χ0n) is 11.5. The number of rotatable bonds is 9.